The second-order valence-electron chi connectivity index (χ2n) is 9.40. The van der Waals surface area contributed by atoms with Gasteiger partial charge in [-0.2, -0.15) is 0 Å². The molecule has 6 rings (SSSR count). The number of imidazole rings is 1. The van der Waals surface area contributed by atoms with Gasteiger partial charge in [-0.15, -0.1) is 0 Å². The first-order valence-electron chi connectivity index (χ1n) is 12.5. The van der Waals surface area contributed by atoms with Crippen molar-refractivity contribution in [3.63, 3.8) is 0 Å². The molecular weight excluding hydrogens is 446 g/mol. The van der Waals surface area contributed by atoms with Gasteiger partial charge in [0, 0.05) is 25.3 Å². The van der Waals surface area contributed by atoms with Gasteiger partial charge in [-0.05, 0) is 65.1 Å². The number of benzene rings is 4. The Morgan fingerprint density at radius 2 is 1.64 bits per heavy atom. The lowest BCUT2D eigenvalue weighted by Gasteiger charge is -2.30. The molecule has 1 aliphatic heterocycles. The molecule has 0 fully saturated rings. The van der Waals surface area contributed by atoms with Crippen molar-refractivity contribution in [2.75, 3.05) is 19.7 Å². The van der Waals surface area contributed by atoms with Crippen LogP contribution in [0.15, 0.2) is 103 Å². The third kappa shape index (κ3) is 4.76. The van der Waals surface area contributed by atoms with Gasteiger partial charge in [-0.25, -0.2) is 4.98 Å². The molecule has 0 saturated heterocycles. The fourth-order valence-electron chi connectivity index (χ4n) is 5.00. The van der Waals surface area contributed by atoms with E-state index in [2.05, 4.69) is 75.1 Å². The molecular formula is C31H29N3O2. The normalized spacial score (nSPS) is 14.5. The van der Waals surface area contributed by atoms with Crippen LogP contribution < -0.4 is 4.74 Å². The number of aromatic nitrogens is 2. The molecule has 1 aromatic heterocycles. The van der Waals surface area contributed by atoms with E-state index in [0.29, 0.717) is 6.54 Å². The average molecular weight is 476 g/mol. The van der Waals surface area contributed by atoms with Crippen LogP contribution in [0.4, 0.5) is 0 Å². The molecule has 1 unspecified atom stereocenters. The first-order valence-corrected chi connectivity index (χ1v) is 12.5. The Morgan fingerprint density at radius 1 is 0.833 bits per heavy atom. The second kappa shape index (κ2) is 9.97. The minimum absolute atomic E-state index is 0.265. The summed E-state index contributed by atoms with van der Waals surface area (Å²) in [5, 5.41) is 10.7. The summed E-state index contributed by atoms with van der Waals surface area (Å²) >= 11 is 0. The van der Waals surface area contributed by atoms with Gasteiger partial charge >= 0.3 is 0 Å². The Bertz CT molecular complexity index is 1480. The van der Waals surface area contributed by atoms with Crippen LogP contribution in [0.2, 0.25) is 0 Å². The summed E-state index contributed by atoms with van der Waals surface area (Å²) in [6.45, 7) is 2.71. The van der Waals surface area contributed by atoms with Crippen LogP contribution in [0.25, 0.3) is 27.8 Å². The minimum atomic E-state index is -0.546. The summed E-state index contributed by atoms with van der Waals surface area (Å²) in [7, 11) is 0. The predicted octanol–water partition coefficient (Wildman–Crippen LogP) is 5.49. The number of rotatable bonds is 7. The number of fused-ring (bicyclic) bond motifs is 2. The highest BCUT2D eigenvalue weighted by atomic mass is 16.5. The Morgan fingerprint density at radius 3 is 2.53 bits per heavy atom. The molecule has 1 aliphatic rings. The zero-order valence-electron chi connectivity index (χ0n) is 20.1. The lowest BCUT2D eigenvalue weighted by atomic mass is 10.00. The average Bonchev–Trinajstić information content (AvgIpc) is 3.36. The number of β-amino-alcohol motifs (C(OH)–C–C–N with tert-alkyl or cyclic N) is 1. The van der Waals surface area contributed by atoms with Crippen molar-refractivity contribution < 1.29 is 9.84 Å². The van der Waals surface area contributed by atoms with Gasteiger partial charge in [0.1, 0.15) is 24.8 Å². The van der Waals surface area contributed by atoms with Gasteiger partial charge in [0.2, 0.25) is 0 Å². The van der Waals surface area contributed by atoms with E-state index in [1.54, 1.807) is 0 Å². The Labute approximate surface area is 211 Å². The summed E-state index contributed by atoms with van der Waals surface area (Å²) in [6.07, 6.45) is 2.35. The van der Waals surface area contributed by atoms with Crippen LogP contribution in [-0.4, -0.2) is 45.4 Å². The molecule has 0 spiro atoms. The van der Waals surface area contributed by atoms with Crippen molar-refractivity contribution in [1.29, 1.82) is 0 Å². The zero-order chi connectivity index (χ0) is 24.3. The third-order valence-corrected chi connectivity index (χ3v) is 6.87. The van der Waals surface area contributed by atoms with E-state index >= 15 is 0 Å². The monoisotopic (exact) mass is 475 g/mol. The number of hydrogen-bond donors (Lipinski definition) is 1. The summed E-state index contributed by atoms with van der Waals surface area (Å²) < 4.78 is 8.12. The third-order valence-electron chi connectivity index (χ3n) is 6.87. The molecule has 0 bridgehead atoms. The van der Waals surface area contributed by atoms with Gasteiger partial charge in [-0.1, -0.05) is 60.7 Å². The topological polar surface area (TPSA) is 50.5 Å². The lowest BCUT2D eigenvalue weighted by molar-refractivity contribution is 0.0638. The molecule has 0 aliphatic carbocycles. The Hall–Kier alpha value is -3.93. The molecule has 1 atom stereocenters. The second-order valence-corrected chi connectivity index (χ2v) is 9.40. The Kier molecular flexibility index (Phi) is 6.24. The maximum absolute atomic E-state index is 10.7. The molecule has 5 aromatic rings. The summed E-state index contributed by atoms with van der Waals surface area (Å²) in [5.74, 6) is 0.757. The molecule has 0 amide bonds. The smallest absolute Gasteiger partial charge is 0.120 e. The first-order chi connectivity index (χ1) is 17.7. The largest absolute Gasteiger partial charge is 0.491 e. The fraction of sp³-hybridized carbons (Fsp3) is 0.194. The molecule has 5 heteroatoms. The first kappa shape index (κ1) is 22.5. The quantitative estimate of drug-likeness (QED) is 0.338. The lowest BCUT2D eigenvalue weighted by Crippen LogP contribution is -2.38. The highest BCUT2D eigenvalue weighted by Crippen LogP contribution is 2.28. The van der Waals surface area contributed by atoms with Gasteiger partial charge in [0.25, 0.3) is 0 Å². The SMILES string of the molecule is OC(COc1cccc(-c2ccc3ncn(-c4ccccc4)c3c2)c1)CN1CCc2ccccc2C1. The van der Waals surface area contributed by atoms with Gasteiger partial charge in [0.05, 0.1) is 11.0 Å². The zero-order valence-corrected chi connectivity index (χ0v) is 20.1. The van der Waals surface area contributed by atoms with Gasteiger partial charge in [-0.3, -0.25) is 9.47 Å². The van der Waals surface area contributed by atoms with E-state index in [1.165, 1.54) is 11.1 Å². The summed E-state index contributed by atoms with van der Waals surface area (Å²) in [4.78, 5) is 6.87. The highest BCUT2D eigenvalue weighted by Gasteiger charge is 2.19. The number of ether oxygens (including phenoxy) is 1. The van der Waals surface area contributed by atoms with Gasteiger partial charge in [0.15, 0.2) is 0 Å². The number of para-hydroxylation sites is 1. The van der Waals surface area contributed by atoms with E-state index in [0.717, 1.165) is 53.1 Å². The highest BCUT2D eigenvalue weighted by molar-refractivity contribution is 5.83. The van der Waals surface area contributed by atoms with Crippen molar-refractivity contribution in [3.05, 3.63) is 115 Å². The Balaban J connectivity index is 1.13. The van der Waals surface area contributed by atoms with E-state index in [9.17, 15) is 5.11 Å². The van der Waals surface area contributed by atoms with E-state index in [4.69, 9.17) is 4.74 Å². The van der Waals surface area contributed by atoms with E-state index < -0.39 is 6.10 Å². The van der Waals surface area contributed by atoms with Crippen LogP contribution in [0.1, 0.15) is 11.1 Å². The summed E-state index contributed by atoms with van der Waals surface area (Å²) in [6, 6.07) is 33.2. The molecule has 2 heterocycles. The molecule has 4 aromatic carbocycles. The maximum atomic E-state index is 10.7. The molecule has 0 saturated carbocycles. The van der Waals surface area contributed by atoms with Crippen molar-refractivity contribution in [1.82, 2.24) is 14.5 Å². The standard InChI is InChI=1S/C31H29N3O2/c35-28(20-33-16-15-23-7-4-5-8-26(23)19-33)21-36-29-12-6-9-24(17-29)25-13-14-30-31(18-25)34(22-32-30)27-10-2-1-3-11-27/h1-14,17-18,22,28,35H,15-16,19-21H2. The minimum Gasteiger partial charge on any atom is -0.491 e. The predicted molar refractivity (Wildman–Crippen MR) is 143 cm³/mol. The van der Waals surface area contributed by atoms with Crippen molar-refractivity contribution in [3.8, 4) is 22.6 Å². The number of hydrogen-bond acceptors (Lipinski definition) is 4. The number of aliphatic hydroxyl groups excluding tert-OH is 1. The molecule has 180 valence electrons. The molecule has 1 N–H and O–H groups in total. The van der Waals surface area contributed by atoms with Crippen LogP contribution in [0.3, 0.4) is 0 Å². The van der Waals surface area contributed by atoms with E-state index in [-0.39, 0.29) is 6.61 Å². The molecule has 0 radical (unpaired) electrons. The van der Waals surface area contributed by atoms with Crippen molar-refractivity contribution >= 4 is 11.0 Å². The number of aliphatic hydroxyl groups is 1. The molecule has 36 heavy (non-hydrogen) atoms. The maximum Gasteiger partial charge on any atom is 0.120 e. The van der Waals surface area contributed by atoms with Crippen LogP contribution >= 0.6 is 0 Å². The molecule has 5 nitrogen and oxygen atoms in total. The van der Waals surface area contributed by atoms with Crippen molar-refractivity contribution in [2.45, 2.75) is 19.1 Å². The van der Waals surface area contributed by atoms with Crippen molar-refractivity contribution in [2.24, 2.45) is 0 Å². The number of nitrogens with zero attached hydrogens (tertiary/aromatic N) is 3. The summed E-state index contributed by atoms with van der Waals surface area (Å²) in [5.41, 5.74) is 8.04. The fourth-order valence-corrected chi connectivity index (χ4v) is 5.00. The van der Waals surface area contributed by atoms with E-state index in [1.807, 2.05) is 42.7 Å². The van der Waals surface area contributed by atoms with Crippen LogP contribution in [-0.2, 0) is 13.0 Å². The van der Waals surface area contributed by atoms with Crippen LogP contribution in [0.5, 0.6) is 5.75 Å². The van der Waals surface area contributed by atoms with Crippen LogP contribution in [0, 0.1) is 0 Å². The van der Waals surface area contributed by atoms with Gasteiger partial charge < -0.3 is 9.84 Å².